The number of benzene rings is 1. The molecule has 1 aliphatic heterocycles. The van der Waals surface area contributed by atoms with Crippen LogP contribution in [0.15, 0.2) is 36.5 Å². The van der Waals surface area contributed by atoms with Crippen molar-refractivity contribution in [2.45, 2.75) is 44.6 Å². The average Bonchev–Trinajstić information content (AvgIpc) is 2.74. The van der Waals surface area contributed by atoms with Gasteiger partial charge in [0.2, 0.25) is 0 Å². The molecule has 0 unspecified atom stereocenters. The van der Waals surface area contributed by atoms with Gasteiger partial charge in [0, 0.05) is 38.7 Å². The van der Waals surface area contributed by atoms with Crippen LogP contribution in [-0.2, 0) is 12.4 Å². The van der Waals surface area contributed by atoms with Crippen LogP contribution in [0.5, 0.6) is 11.5 Å². The molecule has 5 nitrogen and oxygen atoms in total. The van der Waals surface area contributed by atoms with Gasteiger partial charge < -0.3 is 14.5 Å². The van der Waals surface area contributed by atoms with Crippen LogP contribution < -0.4 is 20.0 Å². The molecule has 1 aromatic heterocycles. The Morgan fingerprint density at radius 2 is 1.62 bits per heavy atom. The molecule has 0 atom stereocenters. The number of piperidine rings is 1. The van der Waals surface area contributed by atoms with E-state index in [-0.39, 0.29) is 17.6 Å². The smallest absolute Gasteiger partial charge is 0.417 e. The lowest BCUT2D eigenvalue weighted by Gasteiger charge is -2.33. The van der Waals surface area contributed by atoms with Crippen molar-refractivity contribution in [1.82, 2.24) is 10.5 Å². The van der Waals surface area contributed by atoms with E-state index in [1.54, 1.807) is 0 Å². The Hall–Kier alpha value is -2.69. The number of nitrogens with one attached hydrogen (secondary N) is 1. The van der Waals surface area contributed by atoms with Gasteiger partial charge in [-0.1, -0.05) is 6.92 Å². The number of halogens is 6. The van der Waals surface area contributed by atoms with Crippen LogP contribution in [0.4, 0.5) is 32.2 Å². The van der Waals surface area contributed by atoms with Crippen molar-refractivity contribution in [2.75, 3.05) is 24.5 Å². The van der Waals surface area contributed by atoms with Crippen molar-refractivity contribution in [3.63, 3.8) is 0 Å². The lowest BCUT2D eigenvalue weighted by Crippen LogP contribution is -2.38. The number of hydrogen-bond acceptors (Lipinski definition) is 5. The fraction of sp³-hybridized carbons (Fsp3) is 0.476. The zero-order chi connectivity index (χ0) is 23.4. The summed E-state index contributed by atoms with van der Waals surface area (Å²) in [6.45, 7) is 3.30. The summed E-state index contributed by atoms with van der Waals surface area (Å²) in [4.78, 5) is 11.0. The van der Waals surface area contributed by atoms with E-state index in [4.69, 9.17) is 9.57 Å². The highest BCUT2D eigenvalue weighted by Crippen LogP contribution is 2.37. The maximum atomic E-state index is 13.1. The van der Waals surface area contributed by atoms with E-state index >= 15 is 0 Å². The zero-order valence-corrected chi connectivity index (χ0v) is 17.3. The SMILES string of the molecule is CCCNOc1cc(C(F)(F)F)ccc1OC1CCN(c2ccc(C(F)(F)F)cn2)CC1. The highest BCUT2D eigenvalue weighted by atomic mass is 19.4. The highest BCUT2D eigenvalue weighted by molar-refractivity contribution is 5.44. The maximum absolute atomic E-state index is 13.1. The van der Waals surface area contributed by atoms with E-state index in [0.29, 0.717) is 38.3 Å². The van der Waals surface area contributed by atoms with E-state index in [2.05, 4.69) is 10.5 Å². The van der Waals surface area contributed by atoms with Gasteiger partial charge in [-0.25, -0.2) is 4.98 Å². The maximum Gasteiger partial charge on any atom is 0.417 e. The number of aromatic nitrogens is 1. The fourth-order valence-electron chi connectivity index (χ4n) is 3.22. The summed E-state index contributed by atoms with van der Waals surface area (Å²) < 4.78 is 83.1. The number of alkyl halides is 6. The molecule has 0 saturated carbocycles. The molecule has 32 heavy (non-hydrogen) atoms. The van der Waals surface area contributed by atoms with Gasteiger partial charge in [0.15, 0.2) is 11.5 Å². The largest absolute Gasteiger partial charge is 0.486 e. The standard InChI is InChI=1S/C21H23F6N3O2/c1-2-9-29-32-18-12-14(20(22,23)24)3-5-17(18)31-16-7-10-30(11-8-16)19-6-4-15(13-28-19)21(25,26)27/h3-6,12-13,16,29H,2,7-11H2,1H3. The van der Waals surface area contributed by atoms with Crippen LogP contribution in [0.25, 0.3) is 0 Å². The first-order chi connectivity index (χ1) is 15.1. The number of rotatable bonds is 7. The fourth-order valence-corrected chi connectivity index (χ4v) is 3.22. The average molecular weight is 463 g/mol. The molecule has 1 aliphatic rings. The van der Waals surface area contributed by atoms with Crippen LogP contribution in [0.2, 0.25) is 0 Å². The summed E-state index contributed by atoms with van der Waals surface area (Å²) in [6.07, 6.45) is -6.68. The molecular formula is C21H23F6N3O2. The molecule has 11 heteroatoms. The molecule has 2 aromatic rings. The van der Waals surface area contributed by atoms with Gasteiger partial charge in [-0.15, -0.1) is 0 Å². The number of pyridine rings is 1. The van der Waals surface area contributed by atoms with Crippen molar-refractivity contribution >= 4 is 5.82 Å². The Kier molecular flexibility index (Phi) is 7.37. The van der Waals surface area contributed by atoms with Gasteiger partial charge >= 0.3 is 12.4 Å². The molecule has 0 bridgehead atoms. The third kappa shape index (κ3) is 6.18. The van der Waals surface area contributed by atoms with Crippen molar-refractivity contribution in [3.8, 4) is 11.5 Å². The molecule has 3 rings (SSSR count). The summed E-state index contributed by atoms with van der Waals surface area (Å²) in [7, 11) is 0. The third-order valence-corrected chi connectivity index (χ3v) is 4.94. The second-order valence-corrected chi connectivity index (χ2v) is 7.36. The van der Waals surface area contributed by atoms with E-state index < -0.39 is 23.5 Å². The predicted molar refractivity (Wildman–Crippen MR) is 105 cm³/mol. The van der Waals surface area contributed by atoms with Crippen LogP contribution in [0.3, 0.4) is 0 Å². The van der Waals surface area contributed by atoms with Gasteiger partial charge in [0.05, 0.1) is 11.1 Å². The summed E-state index contributed by atoms with van der Waals surface area (Å²) >= 11 is 0. The summed E-state index contributed by atoms with van der Waals surface area (Å²) in [5.41, 5.74) is 0.948. The number of ether oxygens (including phenoxy) is 1. The van der Waals surface area contributed by atoms with E-state index in [1.165, 1.54) is 12.1 Å². The lowest BCUT2D eigenvalue weighted by atomic mass is 10.1. The second-order valence-electron chi connectivity index (χ2n) is 7.36. The minimum Gasteiger partial charge on any atom is -0.486 e. The quantitative estimate of drug-likeness (QED) is 0.336. The lowest BCUT2D eigenvalue weighted by molar-refractivity contribution is -0.138. The first-order valence-electron chi connectivity index (χ1n) is 10.1. The van der Waals surface area contributed by atoms with Crippen LogP contribution in [0.1, 0.15) is 37.3 Å². The summed E-state index contributed by atoms with van der Waals surface area (Å²) in [6, 6.07) is 5.36. The number of anilines is 1. The second kappa shape index (κ2) is 9.85. The normalized spacial score (nSPS) is 15.7. The van der Waals surface area contributed by atoms with Gasteiger partial charge in [0.25, 0.3) is 0 Å². The Morgan fingerprint density at radius 1 is 0.969 bits per heavy atom. The number of nitrogens with zero attached hydrogens (tertiary/aromatic N) is 2. The zero-order valence-electron chi connectivity index (χ0n) is 17.3. The predicted octanol–water partition coefficient (Wildman–Crippen LogP) is 5.46. The molecule has 0 radical (unpaired) electrons. The molecule has 2 heterocycles. The molecule has 0 aliphatic carbocycles. The minimum absolute atomic E-state index is 0.0555. The van der Waals surface area contributed by atoms with E-state index in [0.717, 1.165) is 30.8 Å². The Morgan fingerprint density at radius 3 is 2.19 bits per heavy atom. The van der Waals surface area contributed by atoms with Gasteiger partial charge in [-0.2, -0.15) is 31.8 Å². The van der Waals surface area contributed by atoms with Crippen molar-refractivity contribution < 1.29 is 35.9 Å². The summed E-state index contributed by atoms with van der Waals surface area (Å²) in [5.74, 6) is 0.562. The molecule has 1 aromatic carbocycles. The Labute approximate surface area is 181 Å². The molecule has 1 fully saturated rings. The first-order valence-corrected chi connectivity index (χ1v) is 10.1. The van der Waals surface area contributed by atoms with Crippen molar-refractivity contribution in [2.24, 2.45) is 0 Å². The Bertz CT molecular complexity index is 879. The van der Waals surface area contributed by atoms with Gasteiger partial charge in [-0.05, 0) is 36.8 Å². The molecule has 1 N–H and O–H groups in total. The van der Waals surface area contributed by atoms with Crippen LogP contribution in [-0.4, -0.2) is 30.7 Å². The minimum atomic E-state index is -4.51. The topological polar surface area (TPSA) is 46.6 Å². The molecule has 0 spiro atoms. The van der Waals surface area contributed by atoms with Gasteiger partial charge in [-0.3, -0.25) is 0 Å². The Balaban J connectivity index is 1.63. The van der Waals surface area contributed by atoms with Crippen molar-refractivity contribution in [3.05, 3.63) is 47.7 Å². The number of hydrogen-bond donors (Lipinski definition) is 1. The molecule has 0 amide bonds. The molecular weight excluding hydrogens is 440 g/mol. The molecule has 1 saturated heterocycles. The number of hydroxylamine groups is 1. The summed E-state index contributed by atoms with van der Waals surface area (Å²) in [5, 5.41) is 0. The van der Waals surface area contributed by atoms with Crippen molar-refractivity contribution in [1.29, 1.82) is 0 Å². The first kappa shape index (κ1) is 24.0. The van der Waals surface area contributed by atoms with Crippen LogP contribution >= 0.6 is 0 Å². The highest BCUT2D eigenvalue weighted by Gasteiger charge is 2.33. The third-order valence-electron chi connectivity index (χ3n) is 4.94. The van der Waals surface area contributed by atoms with Gasteiger partial charge in [0.1, 0.15) is 11.9 Å². The van der Waals surface area contributed by atoms with Crippen LogP contribution in [0, 0.1) is 0 Å². The van der Waals surface area contributed by atoms with E-state index in [1.807, 2.05) is 11.8 Å². The monoisotopic (exact) mass is 463 g/mol. The molecule has 176 valence electrons. The van der Waals surface area contributed by atoms with E-state index in [9.17, 15) is 26.3 Å².